The Morgan fingerprint density at radius 2 is 1.85 bits per heavy atom. The summed E-state index contributed by atoms with van der Waals surface area (Å²) in [7, 11) is 0. The minimum absolute atomic E-state index is 0.166. The van der Waals surface area contributed by atoms with Crippen LogP contribution in [0.3, 0.4) is 0 Å². The molecule has 4 bridgehead atoms. The highest BCUT2D eigenvalue weighted by molar-refractivity contribution is 7.17. The molecule has 0 aromatic carbocycles. The monoisotopic (exact) mass is 387 g/mol. The molecule has 0 spiro atoms. The van der Waals surface area contributed by atoms with Gasteiger partial charge >= 0.3 is 5.97 Å². The number of hydrogen-bond acceptors (Lipinski definition) is 4. The first kappa shape index (κ1) is 17.7. The average molecular weight is 388 g/mol. The topological polar surface area (TPSA) is 55.4 Å². The van der Waals surface area contributed by atoms with Crippen molar-refractivity contribution in [3.63, 3.8) is 0 Å². The lowest BCUT2D eigenvalue weighted by molar-refractivity contribution is -0.127. The zero-order chi connectivity index (χ0) is 18.6. The van der Waals surface area contributed by atoms with Crippen molar-refractivity contribution in [2.75, 3.05) is 11.9 Å². The molecule has 2 atom stereocenters. The molecule has 4 nitrogen and oxygen atoms in total. The molecule has 1 aromatic heterocycles. The Morgan fingerprint density at radius 3 is 2.59 bits per heavy atom. The van der Waals surface area contributed by atoms with Crippen LogP contribution in [0.15, 0.2) is 0 Å². The lowest BCUT2D eigenvalue weighted by atomic mass is 9.75. The predicted octanol–water partition coefficient (Wildman–Crippen LogP) is 4.96. The Bertz CT molecular complexity index is 769. The van der Waals surface area contributed by atoms with Gasteiger partial charge in [-0.3, -0.25) is 4.79 Å². The van der Waals surface area contributed by atoms with Gasteiger partial charge in [-0.05, 0) is 88.0 Å². The Labute approximate surface area is 165 Å². The third-order valence-corrected chi connectivity index (χ3v) is 8.78. The second-order valence-corrected chi connectivity index (χ2v) is 10.2. The number of carbonyl (C=O) groups is 2. The highest BCUT2D eigenvalue weighted by Crippen LogP contribution is 2.65. The molecule has 5 aliphatic carbocycles. The van der Waals surface area contributed by atoms with E-state index in [2.05, 4.69) is 5.32 Å². The molecule has 5 aliphatic rings. The van der Waals surface area contributed by atoms with E-state index in [1.165, 1.54) is 37.0 Å². The van der Waals surface area contributed by atoms with Gasteiger partial charge in [0.2, 0.25) is 5.91 Å². The number of hydrogen-bond donors (Lipinski definition) is 1. The fourth-order valence-corrected chi connectivity index (χ4v) is 7.92. The summed E-state index contributed by atoms with van der Waals surface area (Å²) < 4.78 is 5.37. The van der Waals surface area contributed by atoms with Crippen LogP contribution in [0.5, 0.6) is 0 Å². The van der Waals surface area contributed by atoms with E-state index in [1.807, 2.05) is 6.92 Å². The SMILES string of the molecule is CCOC(=O)c1c(NC(=O)C23CC4CC(CC2C4)C3)sc2c1CCCCC2. The number of thiophene rings is 1. The Kier molecular flexibility index (Phi) is 4.34. The van der Waals surface area contributed by atoms with Crippen LogP contribution in [0.2, 0.25) is 0 Å². The fourth-order valence-electron chi connectivity index (χ4n) is 6.64. The van der Waals surface area contributed by atoms with Crippen LogP contribution in [-0.2, 0) is 22.4 Å². The van der Waals surface area contributed by atoms with Gasteiger partial charge in [0.05, 0.1) is 17.6 Å². The van der Waals surface area contributed by atoms with Gasteiger partial charge in [0.15, 0.2) is 0 Å². The molecule has 4 saturated carbocycles. The van der Waals surface area contributed by atoms with Gasteiger partial charge in [-0.1, -0.05) is 6.42 Å². The van der Waals surface area contributed by atoms with E-state index < -0.39 is 0 Å². The lowest BCUT2D eigenvalue weighted by Crippen LogP contribution is -2.37. The summed E-state index contributed by atoms with van der Waals surface area (Å²) in [5.41, 5.74) is 1.63. The van der Waals surface area contributed by atoms with Crippen molar-refractivity contribution >= 4 is 28.2 Å². The summed E-state index contributed by atoms with van der Waals surface area (Å²) in [5, 5.41) is 4.01. The third kappa shape index (κ3) is 2.76. The van der Waals surface area contributed by atoms with Crippen LogP contribution < -0.4 is 5.32 Å². The minimum atomic E-state index is -0.262. The number of aryl methyl sites for hydroxylation is 1. The molecular formula is C22H29NO3S. The average Bonchev–Trinajstić information content (AvgIpc) is 3.10. The molecule has 146 valence electrons. The molecular weight excluding hydrogens is 358 g/mol. The summed E-state index contributed by atoms with van der Waals surface area (Å²) in [6.45, 7) is 2.21. The van der Waals surface area contributed by atoms with Crippen LogP contribution in [0, 0.1) is 23.2 Å². The highest BCUT2D eigenvalue weighted by Gasteiger charge is 2.61. The quantitative estimate of drug-likeness (QED) is 0.587. The van der Waals surface area contributed by atoms with Crippen molar-refractivity contribution in [2.45, 2.75) is 71.1 Å². The van der Waals surface area contributed by atoms with Crippen LogP contribution in [-0.4, -0.2) is 18.5 Å². The molecule has 0 aliphatic heterocycles. The number of amides is 1. The molecule has 1 N–H and O–H groups in total. The Hall–Kier alpha value is -1.36. The zero-order valence-electron chi connectivity index (χ0n) is 16.1. The molecule has 4 fully saturated rings. The third-order valence-electron chi connectivity index (χ3n) is 7.57. The number of ether oxygens (including phenoxy) is 1. The van der Waals surface area contributed by atoms with Crippen LogP contribution >= 0.6 is 11.3 Å². The van der Waals surface area contributed by atoms with E-state index in [0.717, 1.165) is 54.5 Å². The molecule has 1 heterocycles. The minimum Gasteiger partial charge on any atom is -0.462 e. The maximum atomic E-state index is 13.4. The van der Waals surface area contributed by atoms with E-state index in [-0.39, 0.29) is 17.3 Å². The van der Waals surface area contributed by atoms with Gasteiger partial charge in [-0.15, -0.1) is 11.3 Å². The standard InChI is InChI=1S/C22H29NO3S/c1-2-26-20(24)18-16-6-4-3-5-7-17(16)27-19(18)23-21(25)22-11-13-8-14(12-22)10-15(22)9-13/h13-15H,2-12H2,1H3,(H,23,25). The van der Waals surface area contributed by atoms with E-state index in [1.54, 1.807) is 11.3 Å². The zero-order valence-corrected chi connectivity index (χ0v) is 17.0. The first-order valence-corrected chi connectivity index (χ1v) is 11.6. The molecule has 6 rings (SSSR count). The van der Waals surface area contributed by atoms with E-state index in [0.29, 0.717) is 18.1 Å². The molecule has 2 unspecified atom stereocenters. The van der Waals surface area contributed by atoms with Gasteiger partial charge in [0.25, 0.3) is 0 Å². The van der Waals surface area contributed by atoms with E-state index in [9.17, 15) is 9.59 Å². The fraction of sp³-hybridized carbons (Fsp3) is 0.727. The number of nitrogens with one attached hydrogen (secondary N) is 1. The van der Waals surface area contributed by atoms with E-state index >= 15 is 0 Å². The normalized spacial score (nSPS) is 33.6. The summed E-state index contributed by atoms with van der Waals surface area (Å²) in [5.74, 6) is 1.97. The predicted molar refractivity (Wildman–Crippen MR) is 106 cm³/mol. The summed E-state index contributed by atoms with van der Waals surface area (Å²) in [6.07, 6.45) is 11.3. The largest absolute Gasteiger partial charge is 0.462 e. The van der Waals surface area contributed by atoms with Gasteiger partial charge in [0.1, 0.15) is 5.00 Å². The summed E-state index contributed by atoms with van der Waals surface area (Å²) in [4.78, 5) is 27.5. The highest BCUT2D eigenvalue weighted by atomic mass is 32.1. The maximum Gasteiger partial charge on any atom is 0.341 e. The van der Waals surface area contributed by atoms with Crippen LogP contribution in [0.4, 0.5) is 5.00 Å². The molecule has 1 amide bonds. The second-order valence-electron chi connectivity index (χ2n) is 9.14. The number of esters is 1. The van der Waals surface area contributed by atoms with Gasteiger partial charge in [0, 0.05) is 4.88 Å². The number of anilines is 1. The van der Waals surface area contributed by atoms with Crippen molar-refractivity contribution < 1.29 is 14.3 Å². The number of rotatable bonds is 4. The molecule has 0 saturated heterocycles. The first-order valence-electron chi connectivity index (χ1n) is 10.7. The summed E-state index contributed by atoms with van der Waals surface area (Å²) >= 11 is 1.63. The van der Waals surface area contributed by atoms with Crippen molar-refractivity contribution in [3.8, 4) is 0 Å². The van der Waals surface area contributed by atoms with Gasteiger partial charge in [-0.25, -0.2) is 4.79 Å². The van der Waals surface area contributed by atoms with Gasteiger partial charge < -0.3 is 10.1 Å². The molecule has 5 heteroatoms. The summed E-state index contributed by atoms with van der Waals surface area (Å²) in [6, 6.07) is 0. The van der Waals surface area contributed by atoms with Crippen molar-refractivity contribution in [2.24, 2.45) is 23.2 Å². The van der Waals surface area contributed by atoms with Crippen LogP contribution in [0.25, 0.3) is 0 Å². The lowest BCUT2D eigenvalue weighted by Gasteiger charge is -2.31. The van der Waals surface area contributed by atoms with Crippen molar-refractivity contribution in [1.82, 2.24) is 0 Å². The molecule has 27 heavy (non-hydrogen) atoms. The van der Waals surface area contributed by atoms with Crippen molar-refractivity contribution in [3.05, 3.63) is 16.0 Å². The van der Waals surface area contributed by atoms with Crippen molar-refractivity contribution in [1.29, 1.82) is 0 Å². The first-order chi connectivity index (χ1) is 13.1. The number of fused-ring (bicyclic) bond motifs is 1. The number of carbonyl (C=O) groups excluding carboxylic acids is 2. The van der Waals surface area contributed by atoms with Crippen LogP contribution in [0.1, 0.15) is 79.1 Å². The maximum absolute atomic E-state index is 13.4. The smallest absolute Gasteiger partial charge is 0.341 e. The molecule has 1 aromatic rings. The molecule has 0 radical (unpaired) electrons. The van der Waals surface area contributed by atoms with Gasteiger partial charge in [-0.2, -0.15) is 0 Å². The Balaban J connectivity index is 1.46. The van der Waals surface area contributed by atoms with E-state index in [4.69, 9.17) is 4.74 Å². The second kappa shape index (κ2) is 6.61. The Morgan fingerprint density at radius 1 is 1.11 bits per heavy atom.